The van der Waals surface area contributed by atoms with Crippen LogP contribution in [0.1, 0.15) is 89.9 Å². The van der Waals surface area contributed by atoms with Gasteiger partial charge >= 0.3 is 53.0 Å². The van der Waals surface area contributed by atoms with Crippen molar-refractivity contribution < 1.29 is 74.0 Å². The molecule has 4 aliphatic carbocycles. The van der Waals surface area contributed by atoms with Crippen molar-refractivity contribution >= 4 is 20.2 Å². The van der Waals surface area contributed by atoms with Crippen LogP contribution in [-0.4, -0.2) is 37.0 Å². The summed E-state index contributed by atoms with van der Waals surface area (Å²) in [5, 5.41) is 0. The van der Waals surface area contributed by atoms with Crippen molar-refractivity contribution in [2.45, 2.75) is 101 Å². The van der Waals surface area contributed by atoms with Crippen LogP contribution in [0, 0.1) is 35.5 Å². The molecule has 37 heavy (non-hydrogen) atoms. The Balaban J connectivity index is 0.000000340. The molecule has 2 N–H and O–H groups in total. The van der Waals surface area contributed by atoms with Gasteiger partial charge in [0.15, 0.2) is 0 Å². The van der Waals surface area contributed by atoms with Gasteiger partial charge in [-0.2, -0.15) is 43.2 Å². The second-order valence-corrected chi connectivity index (χ2v) is 13.3. The zero-order chi connectivity index (χ0) is 27.4. The van der Waals surface area contributed by atoms with E-state index in [0.717, 1.165) is 35.5 Å². The van der Waals surface area contributed by atoms with Crippen LogP contribution in [0.3, 0.4) is 0 Å². The van der Waals surface area contributed by atoms with Crippen molar-refractivity contribution in [2.75, 3.05) is 0 Å². The molecule has 4 aliphatic rings. The summed E-state index contributed by atoms with van der Waals surface area (Å²) in [6.07, 6.45) is 22.1. The number of alkyl halides is 6. The Labute approximate surface area is 230 Å². The van der Waals surface area contributed by atoms with Gasteiger partial charge in [0.25, 0.3) is 0 Å². The van der Waals surface area contributed by atoms with Crippen molar-refractivity contribution in [3.63, 3.8) is 0 Å². The standard InChI is InChI=1S/C20H34.2CHF3O3S.Ti/c1-3-7-19-15(5-1)9-11-17(19)13-14-18-12-10-16-6-2-4-8-20(16)18;2*2-1(3,4)8(5,6)7;/h15-20H,1-14H2;2*(H,5,6,7);/q;;;+2. The van der Waals surface area contributed by atoms with Crippen LogP contribution >= 0.6 is 0 Å². The fourth-order valence-electron chi connectivity index (χ4n) is 6.86. The molecular weight excluding hydrogens is 586 g/mol. The number of fused-ring (bicyclic) bond motifs is 2. The molecule has 6 nitrogen and oxygen atoms in total. The summed E-state index contributed by atoms with van der Waals surface area (Å²) in [4.78, 5) is 0. The van der Waals surface area contributed by atoms with Crippen LogP contribution in [0.15, 0.2) is 0 Å². The number of hydrogen-bond acceptors (Lipinski definition) is 4. The van der Waals surface area contributed by atoms with E-state index in [1.807, 2.05) is 0 Å². The van der Waals surface area contributed by atoms with Gasteiger partial charge in [0, 0.05) is 0 Å². The van der Waals surface area contributed by atoms with Crippen LogP contribution in [0.4, 0.5) is 26.3 Å². The quantitative estimate of drug-likeness (QED) is 0.152. The molecule has 0 heterocycles. The molecule has 0 radical (unpaired) electrons. The van der Waals surface area contributed by atoms with Crippen LogP contribution in [0.25, 0.3) is 0 Å². The van der Waals surface area contributed by atoms with E-state index in [1.54, 1.807) is 89.9 Å². The Hall–Kier alpha value is 0.114. The van der Waals surface area contributed by atoms with Gasteiger partial charge in [-0.1, -0.05) is 38.5 Å². The van der Waals surface area contributed by atoms with E-state index in [1.165, 1.54) is 0 Å². The van der Waals surface area contributed by atoms with Crippen LogP contribution < -0.4 is 0 Å². The van der Waals surface area contributed by atoms with Gasteiger partial charge < -0.3 is 0 Å². The predicted octanol–water partition coefficient (Wildman–Crippen LogP) is 6.98. The van der Waals surface area contributed by atoms with Gasteiger partial charge in [0.05, 0.1) is 0 Å². The molecule has 15 heteroatoms. The number of hydrogen-bond donors (Lipinski definition) is 2. The van der Waals surface area contributed by atoms with Crippen molar-refractivity contribution in [1.29, 1.82) is 0 Å². The summed E-state index contributed by atoms with van der Waals surface area (Å²) in [5.74, 6) is 6.91. The second kappa shape index (κ2) is 14.1. The van der Waals surface area contributed by atoms with Crippen LogP contribution in [-0.2, 0) is 42.0 Å². The molecule has 0 aromatic heterocycles. The molecule has 0 saturated heterocycles. The Bertz CT molecular complexity index is 836. The maximum absolute atomic E-state index is 10.7. The minimum Gasteiger partial charge on any atom is -0.279 e. The molecule has 0 amide bonds. The first kappa shape index (κ1) is 35.1. The number of rotatable bonds is 3. The fourth-order valence-corrected chi connectivity index (χ4v) is 6.86. The maximum atomic E-state index is 10.7. The zero-order valence-electron chi connectivity index (χ0n) is 20.5. The van der Waals surface area contributed by atoms with Crippen LogP contribution in [0.5, 0.6) is 0 Å². The van der Waals surface area contributed by atoms with E-state index in [0.29, 0.717) is 0 Å². The summed E-state index contributed by atoms with van der Waals surface area (Å²) in [7, 11) is -11.7. The summed E-state index contributed by atoms with van der Waals surface area (Å²) >= 11 is 0. The summed E-state index contributed by atoms with van der Waals surface area (Å²) in [6, 6.07) is 0. The predicted molar refractivity (Wildman–Crippen MR) is 121 cm³/mol. The molecule has 6 unspecified atom stereocenters. The van der Waals surface area contributed by atoms with Gasteiger partial charge in [-0.3, -0.25) is 9.11 Å². The third kappa shape index (κ3) is 10.6. The molecule has 0 spiro atoms. The average Bonchev–Trinajstić information content (AvgIpc) is 3.34. The van der Waals surface area contributed by atoms with Crippen molar-refractivity contribution in [3.8, 4) is 0 Å². The van der Waals surface area contributed by atoms with Gasteiger partial charge in [-0.25, -0.2) is 0 Å². The van der Waals surface area contributed by atoms with E-state index in [-0.39, 0.29) is 21.7 Å². The molecule has 0 aromatic rings. The molecular formula is C22H36F6O6S2Ti+2. The largest absolute Gasteiger partial charge is 2.00 e. The monoisotopic (exact) mass is 622 g/mol. The Morgan fingerprint density at radius 3 is 1.08 bits per heavy atom. The van der Waals surface area contributed by atoms with E-state index < -0.39 is 31.3 Å². The summed E-state index contributed by atoms with van der Waals surface area (Å²) in [5.41, 5.74) is -11.1. The first-order chi connectivity index (χ1) is 16.4. The van der Waals surface area contributed by atoms with E-state index in [9.17, 15) is 26.3 Å². The van der Waals surface area contributed by atoms with Crippen molar-refractivity contribution in [3.05, 3.63) is 0 Å². The van der Waals surface area contributed by atoms with Crippen molar-refractivity contribution in [1.82, 2.24) is 0 Å². The molecule has 216 valence electrons. The molecule has 4 rings (SSSR count). The Morgan fingerprint density at radius 1 is 0.541 bits per heavy atom. The SMILES string of the molecule is C1CCC2C(C1)CCC2CCC1CCC2CCCCC21.O=S(=O)(O)C(F)(F)F.O=S(=O)(O)C(F)(F)F.[Ti+2]. The molecule has 0 aromatic carbocycles. The average molecular weight is 623 g/mol. The summed E-state index contributed by atoms with van der Waals surface area (Å²) < 4.78 is 115. The minimum absolute atomic E-state index is 0. The molecule has 0 bridgehead atoms. The fraction of sp³-hybridized carbons (Fsp3) is 1.00. The van der Waals surface area contributed by atoms with E-state index >= 15 is 0 Å². The Kier molecular flexibility index (Phi) is 13.4. The van der Waals surface area contributed by atoms with Gasteiger partial charge in [0.2, 0.25) is 0 Å². The normalized spacial score (nSPS) is 32.0. The molecule has 4 saturated carbocycles. The third-order valence-corrected chi connectivity index (χ3v) is 9.63. The van der Waals surface area contributed by atoms with Crippen LogP contribution in [0.2, 0.25) is 0 Å². The first-order valence-electron chi connectivity index (χ1n) is 12.5. The smallest absolute Gasteiger partial charge is 0.279 e. The second-order valence-electron chi connectivity index (χ2n) is 10.5. The molecule has 4 fully saturated rings. The summed E-state index contributed by atoms with van der Waals surface area (Å²) in [6.45, 7) is 0. The first-order valence-corrected chi connectivity index (χ1v) is 15.4. The van der Waals surface area contributed by atoms with E-state index in [2.05, 4.69) is 0 Å². The van der Waals surface area contributed by atoms with Crippen molar-refractivity contribution in [2.24, 2.45) is 35.5 Å². The van der Waals surface area contributed by atoms with E-state index in [4.69, 9.17) is 25.9 Å². The maximum Gasteiger partial charge on any atom is 2.00 e. The zero-order valence-corrected chi connectivity index (χ0v) is 23.7. The molecule has 6 atom stereocenters. The van der Waals surface area contributed by atoms with Gasteiger partial charge in [-0.05, 0) is 86.9 Å². The van der Waals surface area contributed by atoms with Gasteiger partial charge in [0.1, 0.15) is 0 Å². The Morgan fingerprint density at radius 2 is 0.811 bits per heavy atom. The number of halogens is 6. The van der Waals surface area contributed by atoms with Gasteiger partial charge in [-0.15, -0.1) is 0 Å². The third-order valence-electron chi connectivity index (χ3n) is 8.46. The topological polar surface area (TPSA) is 109 Å². The molecule has 0 aliphatic heterocycles. The minimum atomic E-state index is -5.84.